The van der Waals surface area contributed by atoms with E-state index in [-0.39, 0.29) is 0 Å². The van der Waals surface area contributed by atoms with Crippen molar-refractivity contribution in [3.8, 4) is 0 Å². The van der Waals surface area contributed by atoms with Gasteiger partial charge < -0.3 is 5.32 Å². The van der Waals surface area contributed by atoms with Gasteiger partial charge in [0.2, 0.25) is 0 Å². The van der Waals surface area contributed by atoms with E-state index in [1.54, 1.807) is 0 Å². The molecule has 0 aromatic heterocycles. The number of unbranched alkanes of at least 4 members (excludes halogenated alkanes) is 1. The van der Waals surface area contributed by atoms with Crippen LogP contribution in [0.3, 0.4) is 0 Å². The van der Waals surface area contributed by atoms with Gasteiger partial charge in [0.1, 0.15) is 0 Å². The van der Waals surface area contributed by atoms with Crippen molar-refractivity contribution in [3.05, 3.63) is 0 Å². The van der Waals surface area contributed by atoms with Crippen molar-refractivity contribution in [2.45, 2.75) is 84.2 Å². The summed E-state index contributed by atoms with van der Waals surface area (Å²) in [5, 5.41) is 3.84. The molecule has 1 aliphatic carbocycles. The molecule has 1 fully saturated rings. The quantitative estimate of drug-likeness (QED) is 0.674. The van der Waals surface area contributed by atoms with Gasteiger partial charge in [-0.25, -0.2) is 0 Å². The van der Waals surface area contributed by atoms with Crippen molar-refractivity contribution in [2.24, 2.45) is 5.92 Å². The molecule has 15 heavy (non-hydrogen) atoms. The minimum Gasteiger partial charge on any atom is -0.311 e. The average Bonchev–Trinajstić information content (AvgIpc) is 2.42. The van der Waals surface area contributed by atoms with E-state index in [2.05, 4.69) is 26.1 Å². The SMILES string of the molecule is CCCCC(C)NC1CCCCCC1C. The van der Waals surface area contributed by atoms with Gasteiger partial charge in [-0.15, -0.1) is 0 Å². The third-order valence-electron chi connectivity index (χ3n) is 3.85. The van der Waals surface area contributed by atoms with Crippen LogP contribution in [0, 0.1) is 5.92 Å². The lowest BCUT2D eigenvalue weighted by Gasteiger charge is -2.27. The molecule has 0 aromatic carbocycles. The number of rotatable bonds is 5. The molecule has 0 aliphatic heterocycles. The molecule has 90 valence electrons. The smallest absolute Gasteiger partial charge is 0.00951 e. The largest absolute Gasteiger partial charge is 0.311 e. The van der Waals surface area contributed by atoms with Crippen LogP contribution >= 0.6 is 0 Å². The van der Waals surface area contributed by atoms with Gasteiger partial charge >= 0.3 is 0 Å². The predicted molar refractivity (Wildman–Crippen MR) is 68.2 cm³/mol. The third-order valence-corrected chi connectivity index (χ3v) is 3.85. The molecule has 0 saturated heterocycles. The van der Waals surface area contributed by atoms with Gasteiger partial charge in [-0.3, -0.25) is 0 Å². The van der Waals surface area contributed by atoms with Crippen LogP contribution in [0.5, 0.6) is 0 Å². The van der Waals surface area contributed by atoms with Gasteiger partial charge in [0.15, 0.2) is 0 Å². The van der Waals surface area contributed by atoms with E-state index in [0.29, 0.717) is 0 Å². The van der Waals surface area contributed by atoms with Crippen LogP contribution in [-0.4, -0.2) is 12.1 Å². The molecule has 1 aliphatic rings. The van der Waals surface area contributed by atoms with Crippen LogP contribution in [0.1, 0.15) is 72.1 Å². The topological polar surface area (TPSA) is 12.0 Å². The Balaban J connectivity index is 2.27. The number of hydrogen-bond acceptors (Lipinski definition) is 1. The molecule has 0 spiro atoms. The summed E-state index contributed by atoms with van der Waals surface area (Å²) in [6.07, 6.45) is 11.2. The Kier molecular flexibility index (Phi) is 6.31. The summed E-state index contributed by atoms with van der Waals surface area (Å²) in [4.78, 5) is 0. The van der Waals surface area contributed by atoms with Crippen molar-refractivity contribution in [1.29, 1.82) is 0 Å². The molecule has 0 heterocycles. The Bertz CT molecular complexity index is 155. The highest BCUT2D eigenvalue weighted by atomic mass is 14.9. The highest BCUT2D eigenvalue weighted by Gasteiger charge is 2.20. The molecule has 1 heteroatoms. The third kappa shape index (κ3) is 5.01. The normalized spacial score (nSPS) is 29.8. The van der Waals surface area contributed by atoms with Gasteiger partial charge in [-0.2, -0.15) is 0 Å². The average molecular weight is 211 g/mol. The Hall–Kier alpha value is -0.0400. The fourth-order valence-corrected chi connectivity index (χ4v) is 2.70. The van der Waals surface area contributed by atoms with Gasteiger partial charge in [0.25, 0.3) is 0 Å². The molecule has 1 rings (SSSR count). The maximum atomic E-state index is 3.84. The summed E-state index contributed by atoms with van der Waals surface area (Å²) >= 11 is 0. The van der Waals surface area contributed by atoms with Crippen molar-refractivity contribution < 1.29 is 0 Å². The van der Waals surface area contributed by atoms with Crippen LogP contribution in [0.15, 0.2) is 0 Å². The summed E-state index contributed by atoms with van der Waals surface area (Å²) in [5.41, 5.74) is 0. The molecule has 1 N–H and O–H groups in total. The number of hydrogen-bond donors (Lipinski definition) is 1. The van der Waals surface area contributed by atoms with E-state index in [1.165, 1.54) is 51.4 Å². The fourth-order valence-electron chi connectivity index (χ4n) is 2.70. The summed E-state index contributed by atoms with van der Waals surface area (Å²) in [6, 6.07) is 1.51. The minimum atomic E-state index is 0.718. The lowest BCUT2D eigenvalue weighted by atomic mass is 9.95. The lowest BCUT2D eigenvalue weighted by molar-refractivity contribution is 0.318. The van der Waals surface area contributed by atoms with Crippen molar-refractivity contribution in [3.63, 3.8) is 0 Å². The first-order valence-electron chi connectivity index (χ1n) is 7.00. The van der Waals surface area contributed by atoms with E-state index in [4.69, 9.17) is 0 Å². The zero-order valence-electron chi connectivity index (χ0n) is 10.9. The van der Waals surface area contributed by atoms with Crippen LogP contribution < -0.4 is 5.32 Å². The Morgan fingerprint density at radius 2 is 1.93 bits per heavy atom. The van der Waals surface area contributed by atoms with Crippen molar-refractivity contribution >= 4 is 0 Å². The molecule has 0 radical (unpaired) electrons. The Morgan fingerprint density at radius 1 is 1.20 bits per heavy atom. The first kappa shape index (κ1) is 13.0. The fraction of sp³-hybridized carbons (Fsp3) is 1.00. The van der Waals surface area contributed by atoms with E-state index in [9.17, 15) is 0 Å². The molecule has 0 bridgehead atoms. The van der Waals surface area contributed by atoms with Crippen LogP contribution in [0.4, 0.5) is 0 Å². The molecule has 0 aromatic rings. The lowest BCUT2D eigenvalue weighted by Crippen LogP contribution is -2.40. The van der Waals surface area contributed by atoms with E-state index >= 15 is 0 Å². The van der Waals surface area contributed by atoms with Gasteiger partial charge in [0.05, 0.1) is 0 Å². The maximum Gasteiger partial charge on any atom is 0.00951 e. The summed E-state index contributed by atoms with van der Waals surface area (Å²) in [5.74, 6) is 0.886. The van der Waals surface area contributed by atoms with Gasteiger partial charge in [0, 0.05) is 12.1 Å². The zero-order valence-corrected chi connectivity index (χ0v) is 10.9. The van der Waals surface area contributed by atoms with Gasteiger partial charge in [-0.05, 0) is 32.1 Å². The zero-order chi connectivity index (χ0) is 11.1. The second-order valence-electron chi connectivity index (χ2n) is 5.43. The predicted octanol–water partition coefficient (Wildman–Crippen LogP) is 4.12. The molecule has 3 atom stereocenters. The highest BCUT2D eigenvalue weighted by Crippen LogP contribution is 2.23. The van der Waals surface area contributed by atoms with E-state index in [0.717, 1.165) is 18.0 Å². The maximum absolute atomic E-state index is 3.84. The monoisotopic (exact) mass is 211 g/mol. The van der Waals surface area contributed by atoms with Crippen LogP contribution in [0.25, 0.3) is 0 Å². The second-order valence-corrected chi connectivity index (χ2v) is 5.43. The summed E-state index contributed by atoms with van der Waals surface area (Å²) in [7, 11) is 0. The van der Waals surface area contributed by atoms with E-state index in [1.807, 2.05) is 0 Å². The van der Waals surface area contributed by atoms with Crippen molar-refractivity contribution in [1.82, 2.24) is 5.32 Å². The van der Waals surface area contributed by atoms with Crippen LogP contribution in [0.2, 0.25) is 0 Å². The van der Waals surface area contributed by atoms with Crippen molar-refractivity contribution in [2.75, 3.05) is 0 Å². The highest BCUT2D eigenvalue weighted by molar-refractivity contribution is 4.79. The summed E-state index contributed by atoms with van der Waals surface area (Å²) in [6.45, 7) is 7.06. The molecule has 1 nitrogen and oxygen atoms in total. The van der Waals surface area contributed by atoms with Crippen LogP contribution in [-0.2, 0) is 0 Å². The number of nitrogens with one attached hydrogen (secondary N) is 1. The Morgan fingerprint density at radius 3 is 2.67 bits per heavy atom. The first-order valence-corrected chi connectivity index (χ1v) is 7.00. The standard InChI is InChI=1S/C14H29N/c1-4-5-10-13(3)15-14-11-8-6-7-9-12(14)2/h12-15H,4-11H2,1-3H3. The summed E-state index contributed by atoms with van der Waals surface area (Å²) < 4.78 is 0. The first-order chi connectivity index (χ1) is 7.24. The second kappa shape index (κ2) is 7.27. The molecule has 3 unspecified atom stereocenters. The minimum absolute atomic E-state index is 0.718. The Labute approximate surface area is 96.0 Å². The molecule has 1 saturated carbocycles. The molecule has 0 amide bonds. The van der Waals surface area contributed by atoms with E-state index < -0.39 is 0 Å². The van der Waals surface area contributed by atoms with Gasteiger partial charge in [-0.1, -0.05) is 46.0 Å². The molecular formula is C14H29N. The molecular weight excluding hydrogens is 182 g/mol.